The summed E-state index contributed by atoms with van der Waals surface area (Å²) >= 11 is 0. The summed E-state index contributed by atoms with van der Waals surface area (Å²) in [7, 11) is 1.54. The van der Waals surface area contributed by atoms with Crippen LogP contribution in [0, 0.1) is 6.92 Å². The number of hydrogen-bond acceptors (Lipinski definition) is 6. The van der Waals surface area contributed by atoms with Gasteiger partial charge in [-0.25, -0.2) is 4.79 Å². The molecule has 176 valence electrons. The van der Waals surface area contributed by atoms with Gasteiger partial charge >= 0.3 is 5.69 Å². The number of aromatic nitrogens is 2. The van der Waals surface area contributed by atoms with Crippen LogP contribution >= 0.6 is 0 Å². The molecule has 32 heavy (non-hydrogen) atoms. The van der Waals surface area contributed by atoms with Crippen LogP contribution in [0.25, 0.3) is 0 Å². The molecule has 1 aromatic carbocycles. The number of nitrogens with one attached hydrogen (secondary N) is 2. The Hall–Kier alpha value is -3.07. The van der Waals surface area contributed by atoms with Gasteiger partial charge < -0.3 is 20.7 Å². The van der Waals surface area contributed by atoms with Crippen molar-refractivity contribution in [3.63, 3.8) is 0 Å². The molecule has 2 rings (SSSR count). The molecular weight excluding hydrogens is 410 g/mol. The van der Waals surface area contributed by atoms with Gasteiger partial charge in [0, 0.05) is 25.9 Å². The molecule has 0 unspecified atom stereocenters. The van der Waals surface area contributed by atoms with Crippen LogP contribution in [0.15, 0.2) is 27.8 Å². The van der Waals surface area contributed by atoms with Crippen LogP contribution in [0.5, 0.6) is 0 Å². The number of H-pyrrole nitrogens is 1. The predicted molar refractivity (Wildman–Crippen MR) is 129 cm³/mol. The number of nitrogens with two attached hydrogens (primary N) is 1. The summed E-state index contributed by atoms with van der Waals surface area (Å²) in [6.45, 7) is 8.88. The number of aryl methyl sites for hydroxylation is 1. The number of nitrogen functional groups attached to an aromatic ring is 1. The minimum atomic E-state index is -0.622. The monoisotopic (exact) mass is 445 g/mol. The number of benzene rings is 1. The number of rotatable bonds is 11. The van der Waals surface area contributed by atoms with Gasteiger partial charge in [0.25, 0.3) is 5.56 Å². The van der Waals surface area contributed by atoms with Crippen molar-refractivity contribution in [3.8, 4) is 0 Å². The van der Waals surface area contributed by atoms with Gasteiger partial charge in [0.2, 0.25) is 5.91 Å². The molecule has 0 aliphatic rings. The summed E-state index contributed by atoms with van der Waals surface area (Å²) in [6.07, 6.45) is 1.60. The number of methoxy groups -OCH3 is 1. The van der Waals surface area contributed by atoms with E-state index in [9.17, 15) is 14.4 Å². The maximum absolute atomic E-state index is 13.0. The third kappa shape index (κ3) is 6.00. The standard InChI is InChI=1S/C23H35N5O4/c1-6-7-11-28-21(24)20(22(30)26-23(28)31)27(12-13-32-5)14-18(29)25-19-16(4)9-8-10-17(19)15(2)3/h8-10,15H,6-7,11-14,24H2,1-5H3,(H,25,29)(H,26,30,31). The van der Waals surface area contributed by atoms with Crippen LogP contribution in [0.1, 0.15) is 50.7 Å². The zero-order valence-corrected chi connectivity index (χ0v) is 19.7. The van der Waals surface area contributed by atoms with E-state index in [1.165, 1.54) is 11.7 Å². The summed E-state index contributed by atoms with van der Waals surface area (Å²) < 4.78 is 6.51. The van der Waals surface area contributed by atoms with Gasteiger partial charge in [-0.1, -0.05) is 45.4 Å². The Balaban J connectivity index is 2.39. The molecule has 0 radical (unpaired) electrons. The van der Waals surface area contributed by atoms with Gasteiger partial charge in [-0.05, 0) is 30.4 Å². The number of para-hydroxylation sites is 1. The van der Waals surface area contributed by atoms with Gasteiger partial charge in [0.05, 0.1) is 13.2 Å². The van der Waals surface area contributed by atoms with Crippen LogP contribution in [0.2, 0.25) is 0 Å². The maximum Gasteiger partial charge on any atom is 0.330 e. The number of aromatic amines is 1. The zero-order valence-electron chi connectivity index (χ0n) is 19.7. The molecule has 1 amide bonds. The molecule has 2 aromatic rings. The Bertz CT molecular complexity index is 1040. The van der Waals surface area contributed by atoms with Crippen molar-refractivity contribution in [1.82, 2.24) is 9.55 Å². The van der Waals surface area contributed by atoms with Crippen molar-refractivity contribution >= 4 is 23.1 Å². The first-order valence-electron chi connectivity index (χ1n) is 11.0. The molecule has 0 aliphatic heterocycles. The molecule has 0 bridgehead atoms. The minimum absolute atomic E-state index is 0.0508. The Labute approximate surface area is 188 Å². The van der Waals surface area contributed by atoms with Crippen molar-refractivity contribution in [1.29, 1.82) is 0 Å². The van der Waals surface area contributed by atoms with E-state index in [0.29, 0.717) is 6.54 Å². The largest absolute Gasteiger partial charge is 0.383 e. The maximum atomic E-state index is 13.0. The Morgan fingerprint density at radius 3 is 2.66 bits per heavy atom. The van der Waals surface area contributed by atoms with Crippen LogP contribution in [-0.2, 0) is 16.1 Å². The second-order valence-corrected chi connectivity index (χ2v) is 8.15. The molecule has 0 atom stereocenters. The number of unbranched alkanes of at least 4 members (excludes halogenated alkanes) is 1. The van der Waals surface area contributed by atoms with Gasteiger partial charge in [-0.2, -0.15) is 0 Å². The third-order valence-corrected chi connectivity index (χ3v) is 5.36. The topological polar surface area (TPSA) is 122 Å². The molecule has 0 saturated carbocycles. The van der Waals surface area contributed by atoms with Crippen molar-refractivity contribution in [3.05, 3.63) is 50.2 Å². The van der Waals surface area contributed by atoms with Crippen LogP contribution in [0.3, 0.4) is 0 Å². The Morgan fingerprint density at radius 2 is 2.03 bits per heavy atom. The normalized spacial score (nSPS) is 11.1. The third-order valence-electron chi connectivity index (χ3n) is 5.36. The first-order valence-corrected chi connectivity index (χ1v) is 11.0. The molecule has 0 saturated heterocycles. The quantitative estimate of drug-likeness (QED) is 0.488. The number of anilines is 3. The molecular formula is C23H35N5O4. The molecule has 9 heteroatoms. The fourth-order valence-corrected chi connectivity index (χ4v) is 3.59. The number of ether oxygens (including phenoxy) is 1. The second-order valence-electron chi connectivity index (χ2n) is 8.15. The van der Waals surface area contributed by atoms with E-state index in [2.05, 4.69) is 24.1 Å². The van der Waals surface area contributed by atoms with Gasteiger partial charge in [-0.15, -0.1) is 0 Å². The van der Waals surface area contributed by atoms with Crippen LogP contribution < -0.4 is 27.2 Å². The highest BCUT2D eigenvalue weighted by Crippen LogP contribution is 2.27. The molecule has 1 heterocycles. The lowest BCUT2D eigenvalue weighted by atomic mass is 9.98. The van der Waals surface area contributed by atoms with Crippen LogP contribution in [0.4, 0.5) is 17.2 Å². The fourth-order valence-electron chi connectivity index (χ4n) is 3.59. The summed E-state index contributed by atoms with van der Waals surface area (Å²) in [4.78, 5) is 41.8. The first-order chi connectivity index (χ1) is 15.2. The van der Waals surface area contributed by atoms with Gasteiger partial charge in [0.1, 0.15) is 11.5 Å². The summed E-state index contributed by atoms with van der Waals surface area (Å²) in [5.74, 6) is -0.00678. The first kappa shape index (κ1) is 25.2. The molecule has 4 N–H and O–H groups in total. The van der Waals surface area contributed by atoms with E-state index in [0.717, 1.165) is 29.7 Å². The van der Waals surface area contributed by atoms with Crippen molar-refractivity contribution < 1.29 is 9.53 Å². The average molecular weight is 446 g/mol. The summed E-state index contributed by atoms with van der Waals surface area (Å²) in [6, 6.07) is 5.89. The number of hydrogen-bond donors (Lipinski definition) is 3. The Kier molecular flexibility index (Phi) is 9.07. The van der Waals surface area contributed by atoms with E-state index in [4.69, 9.17) is 10.5 Å². The highest BCUT2D eigenvalue weighted by Gasteiger charge is 2.22. The Morgan fingerprint density at radius 1 is 1.31 bits per heavy atom. The summed E-state index contributed by atoms with van der Waals surface area (Å²) in [5, 5.41) is 2.99. The number of nitrogens with zero attached hydrogens (tertiary/aromatic N) is 2. The smallest absolute Gasteiger partial charge is 0.330 e. The van der Waals surface area contributed by atoms with E-state index >= 15 is 0 Å². The lowest BCUT2D eigenvalue weighted by Crippen LogP contribution is -2.43. The highest BCUT2D eigenvalue weighted by atomic mass is 16.5. The van der Waals surface area contributed by atoms with Crippen LogP contribution in [-0.4, -0.2) is 42.3 Å². The molecule has 0 spiro atoms. The van der Waals surface area contributed by atoms with E-state index in [1.807, 2.05) is 32.0 Å². The lowest BCUT2D eigenvalue weighted by molar-refractivity contribution is -0.115. The summed E-state index contributed by atoms with van der Waals surface area (Å²) in [5.41, 5.74) is 7.93. The van der Waals surface area contributed by atoms with Crippen molar-refractivity contribution in [2.45, 2.75) is 53.0 Å². The van der Waals surface area contributed by atoms with Gasteiger partial charge in [-0.3, -0.25) is 19.1 Å². The molecule has 0 fully saturated rings. The number of carbonyl (C=O) groups excluding carboxylic acids is 1. The minimum Gasteiger partial charge on any atom is -0.383 e. The molecule has 9 nitrogen and oxygen atoms in total. The highest BCUT2D eigenvalue weighted by molar-refractivity contribution is 5.96. The van der Waals surface area contributed by atoms with E-state index < -0.39 is 11.2 Å². The zero-order chi connectivity index (χ0) is 23.8. The van der Waals surface area contributed by atoms with Crippen molar-refractivity contribution in [2.75, 3.05) is 42.8 Å². The fraction of sp³-hybridized carbons (Fsp3) is 0.522. The average Bonchev–Trinajstić information content (AvgIpc) is 2.72. The SMILES string of the molecule is CCCCn1c(N)c(N(CCOC)CC(=O)Nc2c(C)cccc2C(C)C)c(=O)[nH]c1=O. The molecule has 0 aliphatic carbocycles. The van der Waals surface area contributed by atoms with E-state index in [-0.39, 0.29) is 43.0 Å². The molecule has 1 aromatic heterocycles. The second kappa shape index (κ2) is 11.5. The van der Waals surface area contributed by atoms with Crippen molar-refractivity contribution in [2.24, 2.45) is 0 Å². The van der Waals surface area contributed by atoms with E-state index in [1.54, 1.807) is 4.90 Å². The number of carbonyl (C=O) groups is 1. The lowest BCUT2D eigenvalue weighted by Gasteiger charge is -2.26. The predicted octanol–water partition coefficient (Wildman–Crippen LogP) is 2.44. The van der Waals surface area contributed by atoms with Gasteiger partial charge in [0.15, 0.2) is 0 Å². The number of amides is 1.